The number of piperazine rings is 1. The lowest BCUT2D eigenvalue weighted by molar-refractivity contribution is 0.171. The van der Waals surface area contributed by atoms with Crippen molar-refractivity contribution in [1.29, 1.82) is 0 Å². The first-order valence-corrected chi connectivity index (χ1v) is 5.53. The Balaban J connectivity index is 2.03. The number of nitrogens with zero attached hydrogens (tertiary/aromatic N) is 2. The zero-order chi connectivity index (χ0) is 10.7. The van der Waals surface area contributed by atoms with Gasteiger partial charge in [0.15, 0.2) is 0 Å². The van der Waals surface area contributed by atoms with E-state index in [-0.39, 0.29) is 0 Å². The molecule has 1 radical (unpaired) electrons. The third-order valence-corrected chi connectivity index (χ3v) is 3.03. The summed E-state index contributed by atoms with van der Waals surface area (Å²) in [5.41, 5.74) is 1.25. The summed E-state index contributed by atoms with van der Waals surface area (Å²) in [6.45, 7) is 4.45. The van der Waals surface area contributed by atoms with Crippen LogP contribution in [0, 0.1) is 6.42 Å². The molecule has 2 rings (SSSR count). The van der Waals surface area contributed by atoms with Gasteiger partial charge in [0.2, 0.25) is 0 Å². The summed E-state index contributed by atoms with van der Waals surface area (Å²) in [7, 11) is 3.92. The van der Waals surface area contributed by atoms with E-state index in [2.05, 4.69) is 35.4 Å². The van der Waals surface area contributed by atoms with Crippen LogP contribution in [0.3, 0.4) is 0 Å². The minimum Gasteiger partial charge on any atom is -0.495 e. The molecule has 0 aromatic carbocycles. The quantitative estimate of drug-likeness (QED) is 0.678. The van der Waals surface area contributed by atoms with Gasteiger partial charge in [-0.1, -0.05) is 6.08 Å². The molecule has 0 atom stereocenters. The van der Waals surface area contributed by atoms with E-state index >= 15 is 0 Å². The van der Waals surface area contributed by atoms with Crippen LogP contribution in [0.15, 0.2) is 23.6 Å². The Bertz CT molecular complexity index is 275. The number of hydrogen-bond donors (Lipinski definition) is 0. The molecule has 2 aliphatic rings. The van der Waals surface area contributed by atoms with E-state index in [1.54, 1.807) is 7.11 Å². The van der Waals surface area contributed by atoms with Crippen molar-refractivity contribution in [3.63, 3.8) is 0 Å². The molecule has 0 aromatic rings. The van der Waals surface area contributed by atoms with Gasteiger partial charge in [-0.15, -0.1) is 0 Å². The van der Waals surface area contributed by atoms with Crippen molar-refractivity contribution in [2.45, 2.75) is 6.42 Å². The van der Waals surface area contributed by atoms with Crippen LogP contribution < -0.4 is 0 Å². The number of ether oxygens (including phenoxy) is 1. The minimum atomic E-state index is 0.987. The summed E-state index contributed by atoms with van der Waals surface area (Å²) in [4.78, 5) is 4.77. The summed E-state index contributed by atoms with van der Waals surface area (Å²) in [5.74, 6) is 1.03. The molecule has 0 N–H and O–H groups in total. The molecule has 3 nitrogen and oxygen atoms in total. The first-order valence-electron chi connectivity index (χ1n) is 5.53. The summed E-state index contributed by atoms with van der Waals surface area (Å²) < 4.78 is 5.40. The highest BCUT2D eigenvalue weighted by Crippen LogP contribution is 2.23. The molecule has 0 amide bonds. The van der Waals surface area contributed by atoms with Gasteiger partial charge in [0.05, 0.1) is 12.8 Å². The lowest BCUT2D eigenvalue weighted by atomic mass is 10.1. The van der Waals surface area contributed by atoms with Crippen molar-refractivity contribution < 1.29 is 4.74 Å². The van der Waals surface area contributed by atoms with Gasteiger partial charge in [0.25, 0.3) is 0 Å². The largest absolute Gasteiger partial charge is 0.495 e. The van der Waals surface area contributed by atoms with Crippen molar-refractivity contribution in [2.75, 3.05) is 40.3 Å². The molecule has 0 saturated carbocycles. The monoisotopic (exact) mass is 207 g/mol. The smallest absolute Gasteiger partial charge is 0.137 e. The maximum absolute atomic E-state index is 5.40. The lowest BCUT2D eigenvalue weighted by Gasteiger charge is -2.36. The zero-order valence-corrected chi connectivity index (χ0v) is 9.57. The average Bonchev–Trinajstić information content (AvgIpc) is 2.30. The number of allylic oxidation sites excluding steroid dienone is 2. The average molecular weight is 207 g/mol. The molecule has 0 bridgehead atoms. The highest BCUT2D eigenvalue weighted by molar-refractivity contribution is 5.32. The van der Waals surface area contributed by atoms with Crippen molar-refractivity contribution >= 4 is 0 Å². The highest BCUT2D eigenvalue weighted by Gasteiger charge is 2.20. The van der Waals surface area contributed by atoms with Gasteiger partial charge in [-0.05, 0) is 26.0 Å². The predicted molar refractivity (Wildman–Crippen MR) is 61.2 cm³/mol. The maximum atomic E-state index is 5.40. The van der Waals surface area contributed by atoms with Crippen molar-refractivity contribution in [3.05, 3.63) is 30.0 Å². The molecule has 0 spiro atoms. The Labute approximate surface area is 92.0 Å². The summed E-state index contributed by atoms with van der Waals surface area (Å²) in [6, 6.07) is 0. The maximum Gasteiger partial charge on any atom is 0.137 e. The molecule has 1 saturated heterocycles. The van der Waals surface area contributed by atoms with E-state index in [1.807, 2.05) is 0 Å². The van der Waals surface area contributed by atoms with Crippen LogP contribution in [0.25, 0.3) is 0 Å². The second-order valence-corrected chi connectivity index (χ2v) is 4.09. The molecular weight excluding hydrogens is 188 g/mol. The summed E-state index contributed by atoms with van der Waals surface area (Å²) >= 11 is 0. The van der Waals surface area contributed by atoms with Crippen LogP contribution in [-0.2, 0) is 4.74 Å². The third kappa shape index (κ3) is 2.34. The molecular formula is C12H19N2O. The van der Waals surface area contributed by atoms with E-state index in [0.29, 0.717) is 0 Å². The summed E-state index contributed by atoms with van der Waals surface area (Å²) in [5, 5.41) is 0. The van der Waals surface area contributed by atoms with Crippen molar-refractivity contribution in [1.82, 2.24) is 9.80 Å². The standard InChI is InChI=1S/C12H19N2O/c1-13-7-9-14(10-8-13)11-5-3-4-6-12(11)15-2/h3,5-6H,4,7-10H2,1-2H3. The molecule has 0 unspecified atom stereocenters. The molecule has 1 aliphatic carbocycles. The Morgan fingerprint density at radius 3 is 2.60 bits per heavy atom. The van der Waals surface area contributed by atoms with Gasteiger partial charge in [-0.3, -0.25) is 0 Å². The normalized spacial score (nSPS) is 23.5. The van der Waals surface area contributed by atoms with E-state index in [0.717, 1.165) is 38.4 Å². The van der Waals surface area contributed by atoms with Crippen molar-refractivity contribution in [2.24, 2.45) is 0 Å². The fourth-order valence-corrected chi connectivity index (χ4v) is 2.04. The van der Waals surface area contributed by atoms with E-state index in [9.17, 15) is 0 Å². The highest BCUT2D eigenvalue weighted by atomic mass is 16.5. The Morgan fingerprint density at radius 2 is 1.93 bits per heavy atom. The second kappa shape index (κ2) is 4.71. The number of methoxy groups -OCH3 is 1. The van der Waals surface area contributed by atoms with Crippen molar-refractivity contribution in [3.8, 4) is 0 Å². The lowest BCUT2D eigenvalue weighted by Crippen LogP contribution is -2.44. The predicted octanol–water partition coefficient (Wildman–Crippen LogP) is 1.26. The molecule has 0 aromatic heterocycles. The van der Waals surface area contributed by atoms with E-state index in [1.165, 1.54) is 5.70 Å². The van der Waals surface area contributed by atoms with Gasteiger partial charge in [0.1, 0.15) is 5.76 Å². The molecule has 1 fully saturated rings. The Morgan fingerprint density at radius 1 is 1.20 bits per heavy atom. The van der Waals surface area contributed by atoms with Gasteiger partial charge < -0.3 is 14.5 Å². The number of rotatable bonds is 2. The molecule has 3 heteroatoms. The van der Waals surface area contributed by atoms with Crippen LogP contribution in [0.5, 0.6) is 0 Å². The number of likely N-dealkylation sites (N-methyl/N-ethyl adjacent to an activating group) is 1. The zero-order valence-electron chi connectivity index (χ0n) is 9.57. The molecule has 1 heterocycles. The molecule has 15 heavy (non-hydrogen) atoms. The molecule has 1 aliphatic heterocycles. The first kappa shape index (κ1) is 10.6. The van der Waals surface area contributed by atoms with Crippen LogP contribution in [0.4, 0.5) is 0 Å². The minimum absolute atomic E-state index is 0.987. The third-order valence-electron chi connectivity index (χ3n) is 3.03. The van der Waals surface area contributed by atoms with Gasteiger partial charge >= 0.3 is 0 Å². The van der Waals surface area contributed by atoms with Gasteiger partial charge in [-0.2, -0.15) is 0 Å². The SMILES string of the molecule is COC1=CC[CH]C=C1N1CCN(C)CC1. The van der Waals surface area contributed by atoms with E-state index in [4.69, 9.17) is 4.74 Å². The topological polar surface area (TPSA) is 15.7 Å². The van der Waals surface area contributed by atoms with Gasteiger partial charge in [-0.25, -0.2) is 0 Å². The Hall–Kier alpha value is -0.960. The van der Waals surface area contributed by atoms with Crippen LogP contribution in [-0.4, -0.2) is 50.1 Å². The van der Waals surface area contributed by atoms with E-state index < -0.39 is 0 Å². The van der Waals surface area contributed by atoms with Crippen LogP contribution in [0.1, 0.15) is 6.42 Å². The second-order valence-electron chi connectivity index (χ2n) is 4.09. The Kier molecular flexibility index (Phi) is 3.31. The summed E-state index contributed by atoms with van der Waals surface area (Å²) in [6.07, 6.45) is 7.51. The fourth-order valence-electron chi connectivity index (χ4n) is 2.04. The van der Waals surface area contributed by atoms with Crippen LogP contribution in [0.2, 0.25) is 0 Å². The fraction of sp³-hybridized carbons (Fsp3) is 0.583. The van der Waals surface area contributed by atoms with Gasteiger partial charge in [0, 0.05) is 26.2 Å². The molecule has 83 valence electrons. The number of hydrogen-bond acceptors (Lipinski definition) is 3. The van der Waals surface area contributed by atoms with Crippen LogP contribution >= 0.6 is 0 Å². The first-order chi connectivity index (χ1) is 7.31.